The Morgan fingerprint density at radius 2 is 1.26 bits per heavy atom. The van der Waals surface area contributed by atoms with E-state index < -0.39 is 0 Å². The first-order valence-corrected chi connectivity index (χ1v) is 9.41. The highest BCUT2D eigenvalue weighted by molar-refractivity contribution is 6.16. The van der Waals surface area contributed by atoms with Crippen molar-refractivity contribution < 1.29 is 14.2 Å². The van der Waals surface area contributed by atoms with Crippen LogP contribution in [0.25, 0.3) is 0 Å². The van der Waals surface area contributed by atoms with Gasteiger partial charge in [-0.25, -0.2) is 0 Å². The smallest absolute Gasteiger partial charge is 0.0886 e. The molecule has 2 heterocycles. The Morgan fingerprint density at radius 1 is 0.789 bits per heavy atom. The van der Waals surface area contributed by atoms with Crippen molar-refractivity contribution in [3.63, 3.8) is 0 Å². The largest absolute Gasteiger partial charge is 0.473 e. The zero-order valence-corrected chi connectivity index (χ0v) is 16.2. The molecule has 2 atom stereocenters. The van der Waals surface area contributed by atoms with Gasteiger partial charge in [-0.05, 0) is 50.7 Å². The Balaban J connectivity index is 1.75. The van der Waals surface area contributed by atoms with Crippen LogP contribution in [-0.4, -0.2) is 44.1 Å². The van der Waals surface area contributed by atoms with Crippen molar-refractivity contribution in [1.82, 2.24) is 0 Å². The lowest BCUT2D eigenvalue weighted by Crippen LogP contribution is -2.34. The van der Waals surface area contributed by atoms with Gasteiger partial charge >= 0.3 is 0 Å². The van der Waals surface area contributed by atoms with Crippen molar-refractivity contribution in [2.75, 3.05) is 13.2 Å². The molecule has 2 unspecified atom stereocenters. The van der Waals surface area contributed by atoms with E-state index in [1.807, 2.05) is 0 Å². The fourth-order valence-electron chi connectivity index (χ4n) is 2.59. The molecular weight excluding hydrogens is 272 g/mol. The summed E-state index contributed by atoms with van der Waals surface area (Å²) in [5, 5.41) is -0.0157. The number of ether oxygens (including phenoxy) is 3. The molecule has 0 aliphatic carbocycles. The summed E-state index contributed by atoms with van der Waals surface area (Å²) in [4.78, 5) is 0. The predicted octanol–water partition coefficient (Wildman–Crippen LogP) is 0.555. The average Bonchev–Trinajstić information content (AvgIpc) is 2.40. The molecule has 0 aromatic carbocycles. The topological polar surface area (TPSA) is 27.7 Å². The van der Waals surface area contributed by atoms with Crippen LogP contribution in [-0.2, 0) is 14.2 Å². The molecule has 0 aromatic rings. The van der Waals surface area contributed by atoms with Gasteiger partial charge in [0.15, 0.2) is 0 Å². The molecule has 2 aliphatic rings. The van der Waals surface area contributed by atoms with Crippen molar-refractivity contribution in [2.24, 2.45) is 0 Å². The van der Waals surface area contributed by atoms with Gasteiger partial charge in [0, 0.05) is 33.7 Å². The second kappa shape index (κ2) is 6.88. The van der Waals surface area contributed by atoms with E-state index >= 15 is 0 Å². The molecule has 2 rings (SSSR count). The minimum absolute atomic E-state index is 0.00786. The van der Waals surface area contributed by atoms with E-state index in [1.165, 1.54) is 25.7 Å². The van der Waals surface area contributed by atoms with Gasteiger partial charge in [0.25, 0.3) is 0 Å². The van der Waals surface area contributed by atoms with Crippen molar-refractivity contribution >= 4 is 20.5 Å². The van der Waals surface area contributed by atoms with E-state index in [-0.39, 0.29) is 10.4 Å². The molecule has 0 radical (unpaired) electrons. The van der Waals surface area contributed by atoms with E-state index in [9.17, 15) is 0 Å². The number of rotatable bonds is 4. The highest BCUT2D eigenvalue weighted by Gasteiger charge is 2.25. The quantitative estimate of drug-likeness (QED) is 0.560. The van der Waals surface area contributed by atoms with Crippen LogP contribution in [0.3, 0.4) is 0 Å². The zero-order valence-electron chi connectivity index (χ0n) is 12.2. The first-order chi connectivity index (χ1) is 9.12. The summed E-state index contributed by atoms with van der Waals surface area (Å²) in [7, 11) is 2.04. The molecule has 0 bridgehead atoms. The van der Waals surface area contributed by atoms with Crippen LogP contribution in [0.2, 0.25) is 0 Å². The van der Waals surface area contributed by atoms with Crippen LogP contribution in [0.1, 0.15) is 38.5 Å². The van der Waals surface area contributed by atoms with Crippen molar-refractivity contribution in [1.29, 1.82) is 0 Å². The van der Waals surface area contributed by atoms with Gasteiger partial charge in [-0.15, -0.1) is 0 Å². The van der Waals surface area contributed by atoms with E-state index in [4.69, 9.17) is 14.2 Å². The highest BCUT2D eigenvalue weighted by Crippen LogP contribution is 2.24. The molecular formula is C14H26O3Si2. The Labute approximate surface area is 122 Å². The standard InChI is InChI=1S/C14H26O3Si2/c18-13(5-1-3-9-16-13)7-11-15-12-8-14(19)6-2-4-10-17-14/h7-8,11-12H,1-6,9-10H2,18-19H3. The second-order valence-corrected chi connectivity index (χ2v) is 9.36. The summed E-state index contributed by atoms with van der Waals surface area (Å²) >= 11 is 0. The average molecular weight is 299 g/mol. The van der Waals surface area contributed by atoms with Crippen molar-refractivity contribution in [2.45, 2.75) is 49.0 Å². The van der Waals surface area contributed by atoms with Gasteiger partial charge in [-0.2, -0.15) is 0 Å². The first-order valence-electron chi connectivity index (χ1n) is 7.41. The SMILES string of the molecule is [SiH3]C1(C=COC=CC2([SiH3])CCCCO2)CCCCO1. The lowest BCUT2D eigenvalue weighted by molar-refractivity contribution is 0.0129. The van der Waals surface area contributed by atoms with Crippen molar-refractivity contribution in [3.05, 3.63) is 24.7 Å². The molecule has 2 saturated heterocycles. The normalized spacial score (nSPS) is 37.3. The summed E-state index contributed by atoms with van der Waals surface area (Å²) in [6, 6.07) is 0. The third-order valence-corrected chi connectivity index (χ3v) is 6.24. The van der Waals surface area contributed by atoms with E-state index in [1.54, 1.807) is 12.5 Å². The summed E-state index contributed by atoms with van der Waals surface area (Å²) in [5.74, 6) is 0. The van der Waals surface area contributed by atoms with Crippen molar-refractivity contribution in [3.8, 4) is 0 Å². The minimum Gasteiger partial charge on any atom is -0.473 e. The molecule has 0 amide bonds. The van der Waals surface area contributed by atoms with Crippen LogP contribution in [0, 0.1) is 0 Å². The minimum atomic E-state index is -0.00786. The fourth-order valence-corrected chi connectivity index (χ4v) is 3.97. The van der Waals surface area contributed by atoms with Gasteiger partial charge in [0.05, 0.1) is 23.0 Å². The summed E-state index contributed by atoms with van der Waals surface area (Å²) in [6.07, 6.45) is 14.9. The molecule has 2 fully saturated rings. The number of hydrogen-bond acceptors (Lipinski definition) is 3. The van der Waals surface area contributed by atoms with Gasteiger partial charge in [0.1, 0.15) is 0 Å². The Morgan fingerprint density at radius 3 is 1.63 bits per heavy atom. The van der Waals surface area contributed by atoms with Crippen LogP contribution >= 0.6 is 0 Å². The highest BCUT2D eigenvalue weighted by atomic mass is 28.1. The maximum absolute atomic E-state index is 5.83. The molecule has 0 saturated carbocycles. The van der Waals surface area contributed by atoms with Crippen LogP contribution in [0.4, 0.5) is 0 Å². The molecule has 0 N–H and O–H groups in total. The molecule has 19 heavy (non-hydrogen) atoms. The zero-order chi connectivity index (χ0) is 13.6. The van der Waals surface area contributed by atoms with Gasteiger partial charge in [-0.3, -0.25) is 0 Å². The maximum Gasteiger partial charge on any atom is 0.0886 e. The van der Waals surface area contributed by atoms with E-state index in [0.717, 1.165) is 46.5 Å². The fraction of sp³-hybridized carbons (Fsp3) is 0.714. The summed E-state index contributed by atoms with van der Waals surface area (Å²) < 4.78 is 17.2. The lowest BCUT2D eigenvalue weighted by atomic mass is 10.1. The summed E-state index contributed by atoms with van der Waals surface area (Å²) in [5.41, 5.74) is 0. The molecule has 5 heteroatoms. The van der Waals surface area contributed by atoms with E-state index in [0.29, 0.717) is 0 Å². The van der Waals surface area contributed by atoms with Crippen LogP contribution < -0.4 is 0 Å². The molecule has 0 aromatic heterocycles. The van der Waals surface area contributed by atoms with Gasteiger partial charge in [0.2, 0.25) is 0 Å². The Kier molecular flexibility index (Phi) is 5.44. The number of hydrogen-bond donors (Lipinski definition) is 0. The lowest BCUT2D eigenvalue weighted by Gasteiger charge is -2.31. The third kappa shape index (κ3) is 4.91. The van der Waals surface area contributed by atoms with Crippen LogP contribution in [0.15, 0.2) is 24.7 Å². The monoisotopic (exact) mass is 298 g/mol. The summed E-state index contributed by atoms with van der Waals surface area (Å²) in [6.45, 7) is 1.78. The second-order valence-electron chi connectivity index (χ2n) is 5.98. The maximum atomic E-state index is 5.83. The molecule has 2 aliphatic heterocycles. The predicted molar refractivity (Wildman–Crippen MR) is 84.3 cm³/mol. The van der Waals surface area contributed by atoms with E-state index in [2.05, 4.69) is 12.2 Å². The molecule has 0 spiro atoms. The Hall–Kier alpha value is -0.366. The van der Waals surface area contributed by atoms with Crippen LogP contribution in [0.5, 0.6) is 0 Å². The first kappa shape index (κ1) is 15.0. The Bertz CT molecular complexity index is 298. The molecule has 3 nitrogen and oxygen atoms in total. The third-order valence-electron chi connectivity index (χ3n) is 4.00. The molecule has 108 valence electrons. The van der Waals surface area contributed by atoms with Gasteiger partial charge in [-0.1, -0.05) is 0 Å². The van der Waals surface area contributed by atoms with Gasteiger partial charge < -0.3 is 14.2 Å².